The number of carbonyl (C=O) groups is 2. The molecular formula is C13H15N3O3. The van der Waals surface area contributed by atoms with Crippen molar-refractivity contribution < 1.29 is 14.3 Å². The van der Waals surface area contributed by atoms with Gasteiger partial charge in [0, 0.05) is 18.9 Å². The number of hydrogen-bond donors (Lipinski definition) is 1. The number of aryl methyl sites for hydroxylation is 2. The minimum absolute atomic E-state index is 0.191. The summed E-state index contributed by atoms with van der Waals surface area (Å²) in [5.74, 6) is -0.639. The number of nitrogens with one attached hydrogen (secondary N) is 1. The van der Waals surface area contributed by atoms with Crippen molar-refractivity contribution in [2.45, 2.75) is 13.8 Å². The van der Waals surface area contributed by atoms with Crippen molar-refractivity contribution in [3.05, 3.63) is 40.5 Å². The first-order valence-electron chi connectivity index (χ1n) is 5.76. The van der Waals surface area contributed by atoms with Crippen molar-refractivity contribution in [1.29, 1.82) is 0 Å². The van der Waals surface area contributed by atoms with E-state index in [1.807, 2.05) is 0 Å². The van der Waals surface area contributed by atoms with Crippen molar-refractivity contribution >= 4 is 11.8 Å². The van der Waals surface area contributed by atoms with E-state index in [1.54, 1.807) is 31.8 Å². The van der Waals surface area contributed by atoms with Crippen LogP contribution in [0.25, 0.3) is 0 Å². The molecule has 0 amide bonds. The van der Waals surface area contributed by atoms with Crippen molar-refractivity contribution in [2.75, 3.05) is 7.11 Å². The van der Waals surface area contributed by atoms with Crippen LogP contribution in [0.3, 0.4) is 0 Å². The number of methoxy groups -OCH3 is 1. The van der Waals surface area contributed by atoms with Crippen LogP contribution in [0.15, 0.2) is 12.4 Å². The summed E-state index contributed by atoms with van der Waals surface area (Å²) in [5.41, 5.74) is 2.50. The van der Waals surface area contributed by atoms with Gasteiger partial charge in [0.2, 0.25) is 5.78 Å². The standard InChI is InChI=1S/C13H15N3O3/c1-7-10(13(18)19-4)8(2)15-11(7)12(17)9-5-14-16(3)6-9/h5-6,15H,1-4H3. The summed E-state index contributed by atoms with van der Waals surface area (Å²) in [7, 11) is 3.06. The van der Waals surface area contributed by atoms with E-state index in [-0.39, 0.29) is 5.78 Å². The quantitative estimate of drug-likeness (QED) is 0.669. The highest BCUT2D eigenvalue weighted by Gasteiger charge is 2.23. The second kappa shape index (κ2) is 4.72. The molecule has 0 aliphatic carbocycles. The van der Waals surface area contributed by atoms with Gasteiger partial charge in [-0.25, -0.2) is 4.79 Å². The van der Waals surface area contributed by atoms with Crippen molar-refractivity contribution in [2.24, 2.45) is 7.05 Å². The van der Waals surface area contributed by atoms with E-state index < -0.39 is 5.97 Å². The molecule has 0 spiro atoms. The van der Waals surface area contributed by atoms with Gasteiger partial charge in [-0.3, -0.25) is 9.48 Å². The first-order chi connectivity index (χ1) is 8.95. The topological polar surface area (TPSA) is 77.0 Å². The minimum Gasteiger partial charge on any atom is -0.465 e. The summed E-state index contributed by atoms with van der Waals surface area (Å²) in [5, 5.41) is 3.96. The number of rotatable bonds is 3. The monoisotopic (exact) mass is 261 g/mol. The largest absolute Gasteiger partial charge is 0.465 e. The molecule has 6 heteroatoms. The van der Waals surface area contributed by atoms with Gasteiger partial charge in [0.15, 0.2) is 0 Å². The second-order valence-electron chi connectivity index (χ2n) is 4.35. The fourth-order valence-corrected chi connectivity index (χ4v) is 2.07. The molecule has 0 saturated carbocycles. The van der Waals surface area contributed by atoms with Gasteiger partial charge in [0.1, 0.15) is 0 Å². The van der Waals surface area contributed by atoms with E-state index in [1.165, 1.54) is 13.3 Å². The average Bonchev–Trinajstić information content (AvgIpc) is 2.92. The predicted octanol–water partition coefficient (Wildman–Crippen LogP) is 1.38. The lowest BCUT2D eigenvalue weighted by Crippen LogP contribution is -2.05. The SMILES string of the molecule is COC(=O)c1c(C)[nH]c(C(=O)c2cnn(C)c2)c1C. The number of ether oxygens (including phenoxy) is 1. The molecule has 0 atom stereocenters. The Morgan fingerprint density at radius 3 is 2.58 bits per heavy atom. The molecule has 0 fully saturated rings. The number of aromatic nitrogens is 3. The molecule has 2 aromatic heterocycles. The lowest BCUT2D eigenvalue weighted by molar-refractivity contribution is 0.0599. The highest BCUT2D eigenvalue weighted by Crippen LogP contribution is 2.21. The maximum absolute atomic E-state index is 12.3. The maximum atomic E-state index is 12.3. The Labute approximate surface area is 110 Å². The maximum Gasteiger partial charge on any atom is 0.339 e. The Bertz CT molecular complexity index is 652. The van der Waals surface area contributed by atoms with Crippen LogP contribution >= 0.6 is 0 Å². The number of hydrogen-bond acceptors (Lipinski definition) is 4. The Morgan fingerprint density at radius 1 is 1.37 bits per heavy atom. The molecule has 100 valence electrons. The highest BCUT2D eigenvalue weighted by molar-refractivity contribution is 6.10. The Kier molecular flexibility index (Phi) is 3.25. The minimum atomic E-state index is -0.448. The van der Waals surface area contributed by atoms with Crippen LogP contribution < -0.4 is 0 Å². The number of H-pyrrole nitrogens is 1. The smallest absolute Gasteiger partial charge is 0.339 e. The van der Waals surface area contributed by atoms with Crippen LogP contribution in [0.1, 0.15) is 37.7 Å². The van der Waals surface area contributed by atoms with Gasteiger partial charge >= 0.3 is 5.97 Å². The van der Waals surface area contributed by atoms with E-state index in [4.69, 9.17) is 4.74 Å². The molecule has 0 aliphatic heterocycles. The van der Waals surface area contributed by atoms with Gasteiger partial charge in [0.25, 0.3) is 0 Å². The third-order valence-corrected chi connectivity index (χ3v) is 3.02. The van der Waals surface area contributed by atoms with Gasteiger partial charge in [0.05, 0.1) is 30.1 Å². The van der Waals surface area contributed by atoms with Crippen LogP contribution in [0.4, 0.5) is 0 Å². The number of esters is 1. The molecule has 1 N–H and O–H groups in total. The van der Waals surface area contributed by atoms with Crippen molar-refractivity contribution in [1.82, 2.24) is 14.8 Å². The first-order valence-corrected chi connectivity index (χ1v) is 5.76. The number of carbonyl (C=O) groups excluding carboxylic acids is 2. The first kappa shape index (κ1) is 13.1. The molecule has 0 bridgehead atoms. The molecule has 0 radical (unpaired) electrons. The van der Waals surface area contributed by atoms with Crippen LogP contribution in [-0.2, 0) is 11.8 Å². The zero-order chi connectivity index (χ0) is 14.2. The summed E-state index contributed by atoms with van der Waals surface area (Å²) >= 11 is 0. The molecule has 2 aromatic rings. The number of aromatic amines is 1. The zero-order valence-electron chi connectivity index (χ0n) is 11.3. The fourth-order valence-electron chi connectivity index (χ4n) is 2.07. The summed E-state index contributed by atoms with van der Waals surface area (Å²) in [6, 6.07) is 0. The van der Waals surface area contributed by atoms with Gasteiger partial charge in [-0.2, -0.15) is 5.10 Å². The van der Waals surface area contributed by atoms with E-state index in [9.17, 15) is 9.59 Å². The number of ketones is 1. The van der Waals surface area contributed by atoms with Crippen molar-refractivity contribution in [3.63, 3.8) is 0 Å². The van der Waals surface area contributed by atoms with E-state index >= 15 is 0 Å². The molecule has 6 nitrogen and oxygen atoms in total. The van der Waals surface area contributed by atoms with Gasteiger partial charge in [-0.1, -0.05) is 0 Å². The molecule has 19 heavy (non-hydrogen) atoms. The molecule has 0 unspecified atom stereocenters. The zero-order valence-corrected chi connectivity index (χ0v) is 11.3. The molecule has 2 heterocycles. The number of nitrogens with zero attached hydrogens (tertiary/aromatic N) is 2. The van der Waals surface area contributed by atoms with Gasteiger partial charge < -0.3 is 9.72 Å². The van der Waals surface area contributed by atoms with E-state index in [0.717, 1.165) is 0 Å². The third-order valence-electron chi connectivity index (χ3n) is 3.02. The van der Waals surface area contributed by atoms with Gasteiger partial charge in [-0.15, -0.1) is 0 Å². The normalized spacial score (nSPS) is 10.5. The second-order valence-corrected chi connectivity index (χ2v) is 4.35. The lowest BCUT2D eigenvalue weighted by atomic mass is 10.1. The molecule has 0 saturated heterocycles. The van der Waals surface area contributed by atoms with Crippen LogP contribution in [-0.4, -0.2) is 33.6 Å². The summed E-state index contributed by atoms with van der Waals surface area (Å²) < 4.78 is 6.27. The van der Waals surface area contributed by atoms with Crippen LogP contribution in [0.2, 0.25) is 0 Å². The predicted molar refractivity (Wildman–Crippen MR) is 68.2 cm³/mol. The third kappa shape index (κ3) is 2.16. The highest BCUT2D eigenvalue weighted by atomic mass is 16.5. The summed E-state index contributed by atoms with van der Waals surface area (Å²) in [6.45, 7) is 3.46. The van der Waals surface area contributed by atoms with Gasteiger partial charge in [-0.05, 0) is 19.4 Å². The van der Waals surface area contributed by atoms with E-state index in [2.05, 4.69) is 10.1 Å². The summed E-state index contributed by atoms with van der Waals surface area (Å²) in [6.07, 6.45) is 3.13. The summed E-state index contributed by atoms with van der Waals surface area (Å²) in [4.78, 5) is 26.9. The fraction of sp³-hybridized carbons (Fsp3) is 0.308. The molecule has 0 aromatic carbocycles. The Morgan fingerprint density at radius 2 is 2.05 bits per heavy atom. The average molecular weight is 261 g/mol. The molecule has 0 aliphatic rings. The lowest BCUT2D eigenvalue weighted by Gasteiger charge is -1.99. The van der Waals surface area contributed by atoms with E-state index in [0.29, 0.717) is 28.1 Å². The Balaban J connectivity index is 2.47. The van der Waals surface area contributed by atoms with Crippen LogP contribution in [0, 0.1) is 13.8 Å². The Hall–Kier alpha value is -2.37. The van der Waals surface area contributed by atoms with Crippen molar-refractivity contribution in [3.8, 4) is 0 Å². The molecular weight excluding hydrogens is 246 g/mol. The molecule has 2 rings (SSSR count). The van der Waals surface area contributed by atoms with Crippen LogP contribution in [0.5, 0.6) is 0 Å².